The molecular formula is C11H22Cl2N2. The van der Waals surface area contributed by atoms with Crippen LogP contribution in [0.5, 0.6) is 0 Å². The minimum atomic E-state index is 0. The van der Waals surface area contributed by atoms with Gasteiger partial charge < -0.3 is 36.3 Å². The van der Waals surface area contributed by atoms with Crippen molar-refractivity contribution < 1.29 is 36.3 Å². The van der Waals surface area contributed by atoms with Crippen molar-refractivity contribution in [3.8, 4) is 0 Å². The van der Waals surface area contributed by atoms with Gasteiger partial charge in [-0.15, -0.1) is 0 Å². The van der Waals surface area contributed by atoms with Gasteiger partial charge in [-0.05, 0) is 17.8 Å². The van der Waals surface area contributed by atoms with Crippen molar-refractivity contribution in [1.29, 1.82) is 0 Å². The summed E-state index contributed by atoms with van der Waals surface area (Å²) < 4.78 is 0. The molecule has 2 atom stereocenters. The summed E-state index contributed by atoms with van der Waals surface area (Å²) in [4.78, 5) is 0. The van der Waals surface area contributed by atoms with Crippen molar-refractivity contribution in [1.82, 2.24) is 0 Å². The minimum Gasteiger partial charge on any atom is -1.00 e. The zero-order chi connectivity index (χ0) is 9.32. The summed E-state index contributed by atoms with van der Waals surface area (Å²) in [5.41, 5.74) is 10.4. The van der Waals surface area contributed by atoms with Crippen LogP contribution >= 0.6 is 0 Å². The van der Waals surface area contributed by atoms with E-state index in [4.69, 9.17) is 0 Å². The second-order valence-corrected chi connectivity index (χ2v) is 6.82. The van der Waals surface area contributed by atoms with Gasteiger partial charge in [0.1, 0.15) is 11.1 Å². The topological polar surface area (TPSA) is 55.3 Å². The number of halogens is 2. The van der Waals surface area contributed by atoms with Crippen molar-refractivity contribution in [3.63, 3.8) is 0 Å². The molecule has 0 heterocycles. The standard InChI is InChI=1S/C11H20N2.2ClH/c1-9-2-8-3-10(12,5-9)7-11(13,4-8)6-9;;/h8H,2-7,12-13H2,1H3;2*1H. The van der Waals surface area contributed by atoms with Gasteiger partial charge in [0, 0.05) is 25.7 Å². The maximum absolute atomic E-state index is 4.48. The highest BCUT2D eigenvalue weighted by atomic mass is 35.5. The molecule has 0 saturated heterocycles. The molecule has 0 aliphatic heterocycles. The molecular weight excluding hydrogens is 231 g/mol. The third-order valence-corrected chi connectivity index (χ3v) is 4.58. The molecule has 4 fully saturated rings. The zero-order valence-corrected chi connectivity index (χ0v) is 11.0. The van der Waals surface area contributed by atoms with Gasteiger partial charge in [0.15, 0.2) is 0 Å². The summed E-state index contributed by atoms with van der Waals surface area (Å²) in [7, 11) is 0. The Morgan fingerprint density at radius 3 is 1.67 bits per heavy atom. The van der Waals surface area contributed by atoms with E-state index < -0.39 is 0 Å². The summed E-state index contributed by atoms with van der Waals surface area (Å²) in [6.45, 7) is 2.47. The monoisotopic (exact) mass is 252 g/mol. The van der Waals surface area contributed by atoms with Crippen LogP contribution in [-0.4, -0.2) is 11.1 Å². The van der Waals surface area contributed by atoms with E-state index >= 15 is 0 Å². The lowest BCUT2D eigenvalue weighted by Gasteiger charge is -2.60. The Bertz CT molecular complexity index is 219. The van der Waals surface area contributed by atoms with Crippen LogP contribution in [0.2, 0.25) is 0 Å². The van der Waals surface area contributed by atoms with Crippen molar-refractivity contribution in [2.24, 2.45) is 11.3 Å². The molecule has 0 aromatic heterocycles. The van der Waals surface area contributed by atoms with Crippen LogP contribution in [0, 0.1) is 11.3 Å². The summed E-state index contributed by atoms with van der Waals surface area (Å²) in [5.74, 6) is 0.955. The summed E-state index contributed by atoms with van der Waals surface area (Å²) in [6, 6.07) is 0. The molecule has 0 radical (unpaired) electrons. The highest BCUT2D eigenvalue weighted by Crippen LogP contribution is 2.59. The minimum absolute atomic E-state index is 0. The Morgan fingerprint density at radius 1 is 0.867 bits per heavy atom. The smallest absolute Gasteiger partial charge is 0.101 e. The molecule has 4 saturated carbocycles. The molecule has 2 nitrogen and oxygen atoms in total. The normalized spacial score (nSPS) is 55.8. The Hall–Kier alpha value is 0.500. The molecule has 0 aromatic carbocycles. The average molecular weight is 253 g/mol. The molecule has 6 N–H and O–H groups in total. The number of hydrogen-bond acceptors (Lipinski definition) is 0. The van der Waals surface area contributed by atoms with Crippen LogP contribution in [-0.2, 0) is 0 Å². The van der Waals surface area contributed by atoms with Gasteiger partial charge in [0.2, 0.25) is 0 Å². The van der Waals surface area contributed by atoms with Gasteiger partial charge >= 0.3 is 0 Å². The highest BCUT2D eigenvalue weighted by molar-refractivity contribution is 5.11. The van der Waals surface area contributed by atoms with Crippen LogP contribution in [0.4, 0.5) is 0 Å². The second-order valence-electron chi connectivity index (χ2n) is 6.82. The first kappa shape index (κ1) is 13.6. The molecule has 4 bridgehead atoms. The van der Waals surface area contributed by atoms with Crippen molar-refractivity contribution >= 4 is 0 Å². The van der Waals surface area contributed by atoms with E-state index in [1.165, 1.54) is 38.5 Å². The first-order valence-corrected chi connectivity index (χ1v) is 5.61. The van der Waals surface area contributed by atoms with Gasteiger partial charge in [0.05, 0.1) is 6.42 Å². The second kappa shape index (κ2) is 3.49. The van der Waals surface area contributed by atoms with Crippen molar-refractivity contribution in [3.05, 3.63) is 0 Å². The van der Waals surface area contributed by atoms with E-state index in [1.807, 2.05) is 0 Å². The van der Waals surface area contributed by atoms with Crippen LogP contribution in [0.3, 0.4) is 0 Å². The van der Waals surface area contributed by atoms with Crippen LogP contribution in [0.25, 0.3) is 0 Å². The SMILES string of the molecule is CC12CC3CC([NH3+])(C1)CC([NH3+])(C3)C2.[Cl-].[Cl-]. The number of quaternary nitrogens is 2. The Labute approximate surface area is 104 Å². The molecule has 2 unspecified atom stereocenters. The van der Waals surface area contributed by atoms with E-state index in [0.717, 1.165) is 5.92 Å². The molecule has 4 aliphatic carbocycles. The molecule has 4 heteroatoms. The van der Waals surface area contributed by atoms with Gasteiger partial charge in [0.25, 0.3) is 0 Å². The predicted octanol–water partition coefficient (Wildman–Crippen LogP) is -6.04. The maximum Gasteiger partial charge on any atom is 0.101 e. The summed E-state index contributed by atoms with van der Waals surface area (Å²) in [5, 5.41) is 0. The van der Waals surface area contributed by atoms with Crippen LogP contribution in [0.1, 0.15) is 45.4 Å². The molecule has 0 amide bonds. The Balaban J connectivity index is 0.000000562. The molecule has 15 heavy (non-hydrogen) atoms. The predicted molar refractivity (Wildman–Crippen MR) is 50.5 cm³/mol. The maximum atomic E-state index is 4.48. The summed E-state index contributed by atoms with van der Waals surface area (Å²) in [6.07, 6.45) is 8.27. The lowest BCUT2D eigenvalue weighted by atomic mass is 9.45. The van der Waals surface area contributed by atoms with Crippen LogP contribution < -0.4 is 36.3 Å². The van der Waals surface area contributed by atoms with Gasteiger partial charge in [-0.25, -0.2) is 0 Å². The quantitative estimate of drug-likeness (QED) is 0.432. The van der Waals surface area contributed by atoms with Crippen molar-refractivity contribution in [2.45, 2.75) is 56.5 Å². The van der Waals surface area contributed by atoms with Gasteiger partial charge in [-0.1, -0.05) is 6.92 Å². The molecule has 90 valence electrons. The number of hydrogen-bond donors (Lipinski definition) is 2. The average Bonchev–Trinajstić information content (AvgIpc) is 1.71. The lowest BCUT2D eigenvalue weighted by molar-refractivity contribution is -0.575. The first-order valence-electron chi connectivity index (χ1n) is 5.61. The van der Waals surface area contributed by atoms with E-state index in [1.54, 1.807) is 0 Å². The summed E-state index contributed by atoms with van der Waals surface area (Å²) >= 11 is 0. The third kappa shape index (κ3) is 2.02. The van der Waals surface area contributed by atoms with Crippen molar-refractivity contribution in [2.75, 3.05) is 0 Å². The lowest BCUT2D eigenvalue weighted by Crippen LogP contribution is -3.00. The van der Waals surface area contributed by atoms with Crippen LogP contribution in [0.15, 0.2) is 0 Å². The Kier molecular flexibility index (Phi) is 3.16. The van der Waals surface area contributed by atoms with Gasteiger partial charge in [-0.3, -0.25) is 0 Å². The zero-order valence-electron chi connectivity index (χ0n) is 9.49. The van der Waals surface area contributed by atoms with E-state index in [0.29, 0.717) is 16.5 Å². The molecule has 0 aromatic rings. The Morgan fingerprint density at radius 2 is 1.33 bits per heavy atom. The fraction of sp³-hybridized carbons (Fsp3) is 1.00. The van der Waals surface area contributed by atoms with E-state index in [2.05, 4.69) is 18.4 Å². The fourth-order valence-electron chi connectivity index (χ4n) is 5.36. The third-order valence-electron chi connectivity index (χ3n) is 4.58. The fourth-order valence-corrected chi connectivity index (χ4v) is 5.36. The molecule has 0 spiro atoms. The highest BCUT2D eigenvalue weighted by Gasteiger charge is 2.63. The van der Waals surface area contributed by atoms with E-state index in [-0.39, 0.29) is 24.8 Å². The largest absolute Gasteiger partial charge is 1.00 e. The van der Waals surface area contributed by atoms with E-state index in [9.17, 15) is 0 Å². The molecule has 4 rings (SSSR count). The van der Waals surface area contributed by atoms with Gasteiger partial charge in [-0.2, -0.15) is 0 Å². The molecule has 4 aliphatic rings. The number of rotatable bonds is 0. The first-order chi connectivity index (χ1) is 5.91.